The molecule has 0 aliphatic carbocycles. The van der Waals surface area contributed by atoms with Crippen LogP contribution in [0.2, 0.25) is 0 Å². The zero-order valence-corrected chi connectivity index (χ0v) is 14.9. The normalized spacial score (nSPS) is 9.81. The van der Waals surface area contributed by atoms with Gasteiger partial charge in [-0.25, -0.2) is 0 Å². The van der Waals surface area contributed by atoms with Gasteiger partial charge in [0.1, 0.15) is 6.61 Å². The van der Waals surface area contributed by atoms with Crippen LogP contribution in [0.4, 0.5) is 11.4 Å². The summed E-state index contributed by atoms with van der Waals surface area (Å²) in [6, 6.07) is 13.3. The van der Waals surface area contributed by atoms with Gasteiger partial charge in [-0.15, -0.1) is 0 Å². The highest BCUT2D eigenvalue weighted by molar-refractivity contribution is 5.94. The number of nitrogens with one attached hydrogen (secondary N) is 2. The fourth-order valence-corrected chi connectivity index (χ4v) is 2.16. The third kappa shape index (κ3) is 6.02. The number of rotatable bonds is 8. The predicted molar refractivity (Wildman–Crippen MR) is 98.8 cm³/mol. The van der Waals surface area contributed by atoms with Gasteiger partial charge in [-0.3, -0.25) is 9.59 Å². The maximum absolute atomic E-state index is 12.0. The highest BCUT2D eigenvalue weighted by atomic mass is 16.5. The van der Waals surface area contributed by atoms with Crippen molar-refractivity contribution in [3.63, 3.8) is 0 Å². The van der Waals surface area contributed by atoms with Crippen LogP contribution in [-0.2, 0) is 14.3 Å². The molecule has 0 aliphatic heterocycles. The van der Waals surface area contributed by atoms with Crippen molar-refractivity contribution in [2.75, 3.05) is 38.1 Å². The molecule has 27 heavy (non-hydrogen) atoms. The van der Waals surface area contributed by atoms with Crippen LogP contribution in [-0.4, -0.2) is 39.2 Å². The number of carbonyl (C=O) groups is 2. The zero-order chi connectivity index (χ0) is 19.6. The molecule has 2 rings (SSSR count). The average Bonchev–Trinajstić information content (AvgIpc) is 2.68. The van der Waals surface area contributed by atoms with E-state index < -0.39 is 0 Å². The summed E-state index contributed by atoms with van der Waals surface area (Å²) in [4.78, 5) is 23.5. The van der Waals surface area contributed by atoms with Crippen LogP contribution < -0.4 is 20.1 Å². The highest BCUT2D eigenvalue weighted by Crippen LogP contribution is 2.27. The summed E-state index contributed by atoms with van der Waals surface area (Å²) in [5.74, 6) is 0.109. The minimum absolute atomic E-state index is 0.0331. The molecule has 0 fully saturated rings. The number of carbonyl (C=O) groups excluding carboxylic acids is 2. The number of hydrogen-bond acceptors (Lipinski definition) is 6. The number of amides is 2. The van der Waals surface area contributed by atoms with Crippen molar-refractivity contribution in [1.29, 1.82) is 5.26 Å². The molecule has 0 saturated heterocycles. The first-order valence-corrected chi connectivity index (χ1v) is 7.95. The maximum atomic E-state index is 12.0. The first kappa shape index (κ1) is 19.8. The first-order valence-electron chi connectivity index (χ1n) is 7.95. The molecule has 0 spiro atoms. The van der Waals surface area contributed by atoms with Gasteiger partial charge in [-0.2, -0.15) is 5.26 Å². The van der Waals surface area contributed by atoms with Crippen molar-refractivity contribution in [1.82, 2.24) is 0 Å². The lowest BCUT2D eigenvalue weighted by atomic mass is 10.2. The van der Waals surface area contributed by atoms with Crippen LogP contribution in [0.15, 0.2) is 42.5 Å². The summed E-state index contributed by atoms with van der Waals surface area (Å²) >= 11 is 0. The molecule has 0 bridgehead atoms. The van der Waals surface area contributed by atoms with E-state index in [1.165, 1.54) is 20.3 Å². The maximum Gasteiger partial charge on any atom is 0.262 e. The van der Waals surface area contributed by atoms with E-state index in [9.17, 15) is 9.59 Å². The molecule has 2 aromatic rings. The van der Waals surface area contributed by atoms with Gasteiger partial charge in [0.25, 0.3) is 5.91 Å². The standard InChI is InChI=1S/C19H19N3O5/c1-25-11-18(23)21-14-4-6-15(7-5-14)22-19(24)12-27-16-8-3-13(10-20)9-17(16)26-2/h3-9H,11-12H2,1-2H3,(H,21,23)(H,22,24). The Morgan fingerprint density at radius 2 is 1.52 bits per heavy atom. The summed E-state index contributed by atoms with van der Waals surface area (Å²) in [7, 11) is 2.89. The van der Waals surface area contributed by atoms with Gasteiger partial charge in [0, 0.05) is 24.6 Å². The Hall–Kier alpha value is -3.57. The number of nitriles is 1. The minimum Gasteiger partial charge on any atom is -0.493 e. The molecule has 2 aromatic carbocycles. The molecular formula is C19H19N3O5. The topological polar surface area (TPSA) is 110 Å². The predicted octanol–water partition coefficient (Wildman–Crippen LogP) is 2.17. The van der Waals surface area contributed by atoms with Crippen LogP contribution in [0.1, 0.15) is 5.56 Å². The lowest BCUT2D eigenvalue weighted by Gasteiger charge is -2.11. The van der Waals surface area contributed by atoms with Crippen molar-refractivity contribution >= 4 is 23.2 Å². The Bertz CT molecular complexity index is 843. The Balaban J connectivity index is 1.89. The Kier molecular flexibility index (Phi) is 7.16. The number of anilines is 2. The number of hydrogen-bond donors (Lipinski definition) is 2. The van der Waals surface area contributed by atoms with E-state index in [-0.39, 0.29) is 25.0 Å². The second-order valence-electron chi connectivity index (χ2n) is 5.37. The molecule has 0 aromatic heterocycles. The first-order chi connectivity index (χ1) is 13.0. The van der Waals surface area contributed by atoms with Gasteiger partial charge >= 0.3 is 0 Å². The summed E-state index contributed by atoms with van der Waals surface area (Å²) in [5, 5.41) is 14.2. The van der Waals surface area contributed by atoms with Crippen LogP contribution in [0.25, 0.3) is 0 Å². The quantitative estimate of drug-likeness (QED) is 0.738. The molecule has 2 amide bonds. The molecule has 0 unspecified atom stereocenters. The zero-order valence-electron chi connectivity index (χ0n) is 14.9. The van der Waals surface area contributed by atoms with Crippen molar-refractivity contribution < 1.29 is 23.8 Å². The summed E-state index contributed by atoms with van der Waals surface area (Å²) in [5.41, 5.74) is 1.58. The molecule has 0 radical (unpaired) electrons. The third-order valence-electron chi connectivity index (χ3n) is 3.38. The van der Waals surface area contributed by atoms with E-state index in [1.54, 1.807) is 36.4 Å². The summed E-state index contributed by atoms with van der Waals surface area (Å²) in [6.45, 7) is -0.261. The van der Waals surface area contributed by atoms with E-state index in [4.69, 9.17) is 19.5 Å². The van der Waals surface area contributed by atoms with Crippen LogP contribution in [0.5, 0.6) is 11.5 Å². The van der Waals surface area contributed by atoms with Crippen LogP contribution in [0.3, 0.4) is 0 Å². The fourth-order valence-electron chi connectivity index (χ4n) is 2.16. The summed E-state index contributed by atoms with van der Waals surface area (Å²) in [6.07, 6.45) is 0. The molecular weight excluding hydrogens is 350 g/mol. The van der Waals surface area contributed by atoms with E-state index >= 15 is 0 Å². The second kappa shape index (κ2) is 9.79. The molecule has 8 nitrogen and oxygen atoms in total. The van der Waals surface area contributed by atoms with E-state index in [1.807, 2.05) is 6.07 Å². The van der Waals surface area contributed by atoms with Crippen LogP contribution >= 0.6 is 0 Å². The smallest absolute Gasteiger partial charge is 0.262 e. The van der Waals surface area contributed by atoms with E-state index in [2.05, 4.69) is 10.6 Å². The summed E-state index contributed by atoms with van der Waals surface area (Å²) < 4.78 is 15.3. The Labute approximate surface area is 156 Å². The van der Waals surface area contributed by atoms with Crippen molar-refractivity contribution in [3.05, 3.63) is 48.0 Å². The van der Waals surface area contributed by atoms with Gasteiger partial charge in [-0.1, -0.05) is 0 Å². The van der Waals surface area contributed by atoms with E-state index in [0.717, 1.165) is 0 Å². The minimum atomic E-state index is -0.363. The molecule has 140 valence electrons. The average molecular weight is 369 g/mol. The van der Waals surface area contributed by atoms with Gasteiger partial charge in [0.05, 0.1) is 18.7 Å². The van der Waals surface area contributed by atoms with Crippen molar-refractivity contribution in [3.8, 4) is 17.6 Å². The molecule has 0 saturated carbocycles. The third-order valence-corrected chi connectivity index (χ3v) is 3.38. The molecule has 0 heterocycles. The van der Waals surface area contributed by atoms with Crippen molar-refractivity contribution in [2.45, 2.75) is 0 Å². The number of methoxy groups -OCH3 is 2. The van der Waals surface area contributed by atoms with Gasteiger partial charge in [0.15, 0.2) is 18.1 Å². The number of nitrogens with zero attached hydrogens (tertiary/aromatic N) is 1. The molecule has 0 aliphatic rings. The Morgan fingerprint density at radius 1 is 0.926 bits per heavy atom. The second-order valence-corrected chi connectivity index (χ2v) is 5.37. The number of benzene rings is 2. The lowest BCUT2D eigenvalue weighted by molar-refractivity contribution is -0.120. The van der Waals surface area contributed by atoms with E-state index in [0.29, 0.717) is 28.4 Å². The molecule has 0 atom stereocenters. The largest absolute Gasteiger partial charge is 0.493 e. The monoisotopic (exact) mass is 369 g/mol. The van der Waals surface area contributed by atoms with Gasteiger partial charge in [-0.05, 0) is 36.4 Å². The highest BCUT2D eigenvalue weighted by Gasteiger charge is 2.09. The molecule has 8 heteroatoms. The lowest BCUT2D eigenvalue weighted by Crippen LogP contribution is -2.20. The Morgan fingerprint density at radius 3 is 2.04 bits per heavy atom. The van der Waals surface area contributed by atoms with Crippen LogP contribution in [0, 0.1) is 11.3 Å². The SMILES string of the molecule is COCC(=O)Nc1ccc(NC(=O)COc2ccc(C#N)cc2OC)cc1. The van der Waals surface area contributed by atoms with Gasteiger partial charge in [0.2, 0.25) is 5.91 Å². The fraction of sp³-hybridized carbons (Fsp3) is 0.211. The van der Waals surface area contributed by atoms with Gasteiger partial charge < -0.3 is 24.8 Å². The number of ether oxygens (including phenoxy) is 3. The molecule has 2 N–H and O–H groups in total. The van der Waals surface area contributed by atoms with Crippen molar-refractivity contribution in [2.24, 2.45) is 0 Å².